The molecule has 1 N–H and O–H groups in total. The van der Waals surface area contributed by atoms with Crippen LogP contribution in [-0.4, -0.2) is 39.1 Å². The molecule has 0 atom stereocenters. The standard InChI is InChI=1S/C11H17N3O/c1-13(2)10-7-5-9(6-8-10)12-11(15)14(3)4/h5-8H,1-4H3,(H,12,15). The van der Waals surface area contributed by atoms with Crippen molar-refractivity contribution < 1.29 is 4.79 Å². The Hall–Kier alpha value is -1.71. The summed E-state index contributed by atoms with van der Waals surface area (Å²) in [7, 11) is 7.38. The maximum absolute atomic E-state index is 11.3. The highest BCUT2D eigenvalue weighted by Crippen LogP contribution is 2.15. The Morgan fingerprint density at radius 1 is 1.07 bits per heavy atom. The van der Waals surface area contributed by atoms with Gasteiger partial charge in [-0.25, -0.2) is 4.79 Å². The van der Waals surface area contributed by atoms with Gasteiger partial charge in [0.2, 0.25) is 0 Å². The van der Waals surface area contributed by atoms with Gasteiger partial charge in [-0.15, -0.1) is 0 Å². The molecule has 0 aromatic heterocycles. The van der Waals surface area contributed by atoms with E-state index < -0.39 is 0 Å². The van der Waals surface area contributed by atoms with Crippen LogP contribution in [0.15, 0.2) is 24.3 Å². The summed E-state index contributed by atoms with van der Waals surface area (Å²) in [6.07, 6.45) is 0. The van der Waals surface area contributed by atoms with Crippen molar-refractivity contribution in [3.63, 3.8) is 0 Å². The second-order valence-electron chi connectivity index (χ2n) is 3.77. The van der Waals surface area contributed by atoms with Crippen molar-refractivity contribution >= 4 is 17.4 Å². The van der Waals surface area contributed by atoms with Crippen LogP contribution in [0.3, 0.4) is 0 Å². The van der Waals surface area contributed by atoms with Gasteiger partial charge in [-0.2, -0.15) is 0 Å². The molecule has 0 spiro atoms. The van der Waals surface area contributed by atoms with Crippen molar-refractivity contribution in [1.29, 1.82) is 0 Å². The topological polar surface area (TPSA) is 35.6 Å². The number of urea groups is 1. The maximum atomic E-state index is 11.3. The first-order chi connectivity index (χ1) is 7.00. The number of benzene rings is 1. The molecule has 1 aromatic rings. The zero-order valence-electron chi connectivity index (χ0n) is 9.61. The van der Waals surface area contributed by atoms with Crippen molar-refractivity contribution in [2.75, 3.05) is 38.4 Å². The van der Waals surface area contributed by atoms with Gasteiger partial charge in [0, 0.05) is 39.6 Å². The number of amides is 2. The summed E-state index contributed by atoms with van der Waals surface area (Å²) in [6.45, 7) is 0. The van der Waals surface area contributed by atoms with E-state index in [4.69, 9.17) is 0 Å². The van der Waals surface area contributed by atoms with Crippen LogP contribution in [0.1, 0.15) is 0 Å². The number of nitrogens with one attached hydrogen (secondary N) is 1. The predicted molar refractivity (Wildman–Crippen MR) is 63.5 cm³/mol. The van der Waals surface area contributed by atoms with Gasteiger partial charge < -0.3 is 15.1 Å². The Bertz CT molecular complexity index is 330. The third-order valence-corrected chi connectivity index (χ3v) is 2.04. The molecule has 82 valence electrons. The summed E-state index contributed by atoms with van der Waals surface area (Å²) >= 11 is 0. The fourth-order valence-electron chi connectivity index (χ4n) is 1.08. The number of nitrogens with zero attached hydrogens (tertiary/aromatic N) is 2. The molecule has 0 saturated heterocycles. The predicted octanol–water partition coefficient (Wildman–Crippen LogP) is 1.85. The third kappa shape index (κ3) is 3.16. The number of carbonyl (C=O) groups is 1. The van der Waals surface area contributed by atoms with Crippen molar-refractivity contribution in [3.8, 4) is 0 Å². The lowest BCUT2D eigenvalue weighted by Gasteiger charge is -2.14. The summed E-state index contributed by atoms with van der Waals surface area (Å²) < 4.78 is 0. The Kier molecular flexibility index (Phi) is 3.55. The molecule has 4 nitrogen and oxygen atoms in total. The van der Waals surface area contributed by atoms with E-state index in [1.54, 1.807) is 14.1 Å². The van der Waals surface area contributed by atoms with E-state index in [0.717, 1.165) is 11.4 Å². The van der Waals surface area contributed by atoms with E-state index in [0.29, 0.717) is 0 Å². The molecule has 1 rings (SSSR count). The molecule has 0 heterocycles. The molecule has 0 aliphatic carbocycles. The van der Waals surface area contributed by atoms with Gasteiger partial charge in [0.05, 0.1) is 0 Å². The molecular formula is C11H17N3O. The fraction of sp³-hybridized carbons (Fsp3) is 0.364. The Morgan fingerprint density at radius 3 is 2.00 bits per heavy atom. The minimum Gasteiger partial charge on any atom is -0.378 e. The van der Waals surface area contributed by atoms with Crippen LogP contribution in [0, 0.1) is 0 Å². The molecule has 1 aromatic carbocycles. The molecule has 0 unspecified atom stereocenters. The van der Waals surface area contributed by atoms with E-state index in [2.05, 4.69) is 5.32 Å². The first kappa shape index (κ1) is 11.4. The highest BCUT2D eigenvalue weighted by Gasteiger charge is 2.03. The summed E-state index contributed by atoms with van der Waals surface area (Å²) in [4.78, 5) is 14.8. The minimum atomic E-state index is -0.118. The van der Waals surface area contributed by atoms with Crippen LogP contribution in [0.25, 0.3) is 0 Å². The first-order valence-electron chi connectivity index (χ1n) is 4.76. The van der Waals surface area contributed by atoms with Crippen molar-refractivity contribution in [3.05, 3.63) is 24.3 Å². The van der Waals surface area contributed by atoms with Gasteiger partial charge in [-0.1, -0.05) is 0 Å². The molecule has 0 aliphatic rings. The van der Waals surface area contributed by atoms with Crippen LogP contribution >= 0.6 is 0 Å². The summed E-state index contributed by atoms with van der Waals surface area (Å²) in [5.74, 6) is 0. The van der Waals surface area contributed by atoms with E-state index >= 15 is 0 Å². The molecule has 0 radical (unpaired) electrons. The van der Waals surface area contributed by atoms with E-state index in [9.17, 15) is 4.79 Å². The number of hydrogen-bond donors (Lipinski definition) is 1. The minimum absolute atomic E-state index is 0.118. The average molecular weight is 207 g/mol. The van der Waals surface area contributed by atoms with Gasteiger partial charge in [-0.3, -0.25) is 0 Å². The van der Waals surface area contributed by atoms with Gasteiger partial charge in [-0.05, 0) is 24.3 Å². The Labute approximate surface area is 90.5 Å². The number of hydrogen-bond acceptors (Lipinski definition) is 2. The van der Waals surface area contributed by atoms with Gasteiger partial charge in [0.25, 0.3) is 0 Å². The normalized spacial score (nSPS) is 9.60. The number of anilines is 2. The summed E-state index contributed by atoms with van der Waals surface area (Å²) in [5, 5.41) is 2.78. The van der Waals surface area contributed by atoms with E-state index in [-0.39, 0.29) is 6.03 Å². The largest absolute Gasteiger partial charge is 0.378 e. The van der Waals surface area contributed by atoms with Crippen LogP contribution < -0.4 is 10.2 Å². The zero-order chi connectivity index (χ0) is 11.4. The van der Waals surface area contributed by atoms with E-state index in [1.165, 1.54) is 4.90 Å². The third-order valence-electron chi connectivity index (χ3n) is 2.04. The van der Waals surface area contributed by atoms with Gasteiger partial charge >= 0.3 is 6.03 Å². The second-order valence-corrected chi connectivity index (χ2v) is 3.77. The molecular weight excluding hydrogens is 190 g/mol. The van der Waals surface area contributed by atoms with Crippen LogP contribution in [0.2, 0.25) is 0 Å². The number of rotatable bonds is 2. The van der Waals surface area contributed by atoms with E-state index in [1.807, 2.05) is 43.3 Å². The first-order valence-corrected chi connectivity index (χ1v) is 4.76. The smallest absolute Gasteiger partial charge is 0.321 e. The highest BCUT2D eigenvalue weighted by molar-refractivity contribution is 5.89. The molecule has 0 fully saturated rings. The molecule has 0 aliphatic heterocycles. The van der Waals surface area contributed by atoms with Crippen LogP contribution in [0.5, 0.6) is 0 Å². The lowest BCUT2D eigenvalue weighted by Crippen LogP contribution is -2.27. The summed E-state index contributed by atoms with van der Waals surface area (Å²) in [6, 6.07) is 7.58. The lowest BCUT2D eigenvalue weighted by atomic mass is 10.2. The zero-order valence-corrected chi connectivity index (χ0v) is 9.61. The van der Waals surface area contributed by atoms with Gasteiger partial charge in [0.15, 0.2) is 0 Å². The van der Waals surface area contributed by atoms with Crippen LogP contribution in [0.4, 0.5) is 16.2 Å². The molecule has 2 amide bonds. The molecule has 4 heteroatoms. The van der Waals surface area contributed by atoms with Crippen molar-refractivity contribution in [1.82, 2.24) is 4.90 Å². The SMILES string of the molecule is CN(C)C(=O)Nc1ccc(N(C)C)cc1. The lowest BCUT2D eigenvalue weighted by molar-refractivity contribution is 0.230. The van der Waals surface area contributed by atoms with Crippen molar-refractivity contribution in [2.24, 2.45) is 0 Å². The molecule has 15 heavy (non-hydrogen) atoms. The monoisotopic (exact) mass is 207 g/mol. The van der Waals surface area contributed by atoms with Crippen LogP contribution in [-0.2, 0) is 0 Å². The summed E-state index contributed by atoms with van der Waals surface area (Å²) in [5.41, 5.74) is 1.91. The maximum Gasteiger partial charge on any atom is 0.321 e. The molecule has 0 bridgehead atoms. The highest BCUT2D eigenvalue weighted by atomic mass is 16.2. The second kappa shape index (κ2) is 4.68. The number of carbonyl (C=O) groups excluding carboxylic acids is 1. The Morgan fingerprint density at radius 2 is 1.60 bits per heavy atom. The Balaban J connectivity index is 2.69. The quantitative estimate of drug-likeness (QED) is 0.803. The average Bonchev–Trinajstić information content (AvgIpc) is 2.18. The molecule has 0 saturated carbocycles. The van der Waals surface area contributed by atoms with Crippen molar-refractivity contribution in [2.45, 2.75) is 0 Å². The van der Waals surface area contributed by atoms with Gasteiger partial charge in [0.1, 0.15) is 0 Å². The fourth-order valence-corrected chi connectivity index (χ4v) is 1.08.